The third kappa shape index (κ3) is 7.81. The van der Waals surface area contributed by atoms with Crippen LogP contribution in [0.4, 0.5) is 0 Å². The molecule has 5 atom stereocenters. The maximum Gasteiger partial charge on any atom is 0.328 e. The molecular formula is C19H36N4O4S3. The predicted octanol–water partition coefficient (Wildman–Crippen LogP) is 0.559. The Kier molecular flexibility index (Phi) is 12.5. The molecule has 1 fully saturated rings. The van der Waals surface area contributed by atoms with E-state index in [4.69, 9.17) is 10.5 Å². The van der Waals surface area contributed by atoms with Gasteiger partial charge in [0, 0.05) is 24.1 Å². The minimum atomic E-state index is -0.722. The summed E-state index contributed by atoms with van der Waals surface area (Å²) in [6.45, 7) is 6.29. The van der Waals surface area contributed by atoms with E-state index in [1.807, 2.05) is 27.0 Å². The molecule has 2 amide bonds. The van der Waals surface area contributed by atoms with Crippen LogP contribution in [0.1, 0.15) is 27.2 Å². The smallest absolute Gasteiger partial charge is 0.328 e. The fourth-order valence-corrected chi connectivity index (χ4v) is 4.97. The number of methoxy groups -OCH3 is 1. The van der Waals surface area contributed by atoms with Gasteiger partial charge in [0.05, 0.1) is 18.5 Å². The van der Waals surface area contributed by atoms with Gasteiger partial charge >= 0.3 is 5.97 Å². The Morgan fingerprint density at radius 2 is 2.03 bits per heavy atom. The average molecular weight is 481 g/mol. The number of hydrogen-bond donors (Lipinski definition) is 4. The van der Waals surface area contributed by atoms with Gasteiger partial charge in [-0.1, -0.05) is 13.8 Å². The molecule has 0 bridgehead atoms. The highest BCUT2D eigenvalue weighted by molar-refractivity contribution is 8.00. The molecule has 11 heteroatoms. The van der Waals surface area contributed by atoms with E-state index < -0.39 is 24.1 Å². The number of carbonyl (C=O) groups is 3. The molecule has 1 heterocycles. The molecule has 0 aliphatic carbocycles. The Morgan fingerprint density at radius 1 is 1.37 bits per heavy atom. The lowest BCUT2D eigenvalue weighted by atomic mass is 10.0. The van der Waals surface area contributed by atoms with Crippen molar-refractivity contribution in [1.82, 2.24) is 15.5 Å². The summed E-state index contributed by atoms with van der Waals surface area (Å²) in [7, 11) is 1.30. The molecule has 0 saturated carbocycles. The molecule has 30 heavy (non-hydrogen) atoms. The molecule has 0 spiro atoms. The van der Waals surface area contributed by atoms with Crippen molar-refractivity contribution in [3.05, 3.63) is 0 Å². The second-order valence-electron chi connectivity index (χ2n) is 7.63. The lowest BCUT2D eigenvalue weighted by Gasteiger charge is -2.33. The lowest BCUT2D eigenvalue weighted by molar-refractivity contribution is -0.147. The van der Waals surface area contributed by atoms with Crippen molar-refractivity contribution in [3.63, 3.8) is 0 Å². The molecule has 8 nitrogen and oxygen atoms in total. The highest BCUT2D eigenvalue weighted by atomic mass is 32.2. The van der Waals surface area contributed by atoms with Crippen molar-refractivity contribution in [1.29, 1.82) is 0 Å². The summed E-state index contributed by atoms with van der Waals surface area (Å²) in [4.78, 5) is 40.1. The zero-order valence-electron chi connectivity index (χ0n) is 18.4. The SMILES string of the molecule is COC(=O)[C@H](CCSC)NC(=O)[C@@H]1CSC(C)N1C(=O)[C@@H](NC[C@@H](N)CS)C(C)C. The van der Waals surface area contributed by atoms with E-state index in [1.54, 1.807) is 28.4 Å². The van der Waals surface area contributed by atoms with Crippen molar-refractivity contribution in [2.24, 2.45) is 11.7 Å². The number of thiol groups is 1. The number of nitrogens with one attached hydrogen (secondary N) is 2. The van der Waals surface area contributed by atoms with Gasteiger partial charge in [0.2, 0.25) is 11.8 Å². The number of hydrogen-bond acceptors (Lipinski definition) is 9. The van der Waals surface area contributed by atoms with E-state index >= 15 is 0 Å². The molecule has 1 saturated heterocycles. The number of thioether (sulfide) groups is 2. The molecule has 174 valence electrons. The van der Waals surface area contributed by atoms with Gasteiger partial charge in [0.25, 0.3) is 0 Å². The summed E-state index contributed by atoms with van der Waals surface area (Å²) in [6, 6.07) is -1.98. The van der Waals surface area contributed by atoms with Crippen LogP contribution < -0.4 is 16.4 Å². The first-order valence-electron chi connectivity index (χ1n) is 10.1. The fraction of sp³-hybridized carbons (Fsp3) is 0.842. The first kappa shape index (κ1) is 27.4. The van der Waals surface area contributed by atoms with Crippen molar-refractivity contribution in [2.75, 3.05) is 37.2 Å². The molecule has 1 rings (SSSR count). The summed E-state index contributed by atoms with van der Waals surface area (Å²) >= 11 is 7.32. The Morgan fingerprint density at radius 3 is 2.57 bits per heavy atom. The van der Waals surface area contributed by atoms with Crippen LogP contribution in [-0.4, -0.2) is 89.4 Å². The van der Waals surface area contributed by atoms with Crippen LogP contribution >= 0.6 is 36.2 Å². The number of esters is 1. The number of amides is 2. The van der Waals surface area contributed by atoms with Gasteiger partial charge in [-0.2, -0.15) is 24.4 Å². The molecule has 0 aromatic heterocycles. The lowest BCUT2D eigenvalue weighted by Crippen LogP contribution is -2.58. The fourth-order valence-electron chi connectivity index (χ4n) is 3.19. The van der Waals surface area contributed by atoms with Gasteiger partial charge < -0.3 is 26.0 Å². The third-order valence-corrected chi connectivity index (χ3v) is 7.29. The number of ether oxygens (including phenoxy) is 1. The number of carbonyl (C=O) groups excluding carboxylic acids is 3. The molecule has 0 aromatic rings. The maximum absolute atomic E-state index is 13.4. The molecule has 4 N–H and O–H groups in total. The second-order valence-corrected chi connectivity index (χ2v) is 10.3. The normalized spacial score (nSPS) is 21.9. The van der Waals surface area contributed by atoms with E-state index in [-0.39, 0.29) is 29.1 Å². The highest BCUT2D eigenvalue weighted by Crippen LogP contribution is 2.30. The van der Waals surface area contributed by atoms with Gasteiger partial charge in [-0.25, -0.2) is 4.79 Å². The first-order chi connectivity index (χ1) is 14.2. The van der Waals surface area contributed by atoms with Crippen molar-refractivity contribution in [2.45, 2.75) is 56.7 Å². The first-order valence-corrected chi connectivity index (χ1v) is 13.2. The Balaban J connectivity index is 2.94. The zero-order chi connectivity index (χ0) is 22.8. The van der Waals surface area contributed by atoms with Gasteiger partial charge in [0.15, 0.2) is 0 Å². The minimum Gasteiger partial charge on any atom is -0.467 e. The number of rotatable bonds is 12. The van der Waals surface area contributed by atoms with Crippen LogP contribution in [0.5, 0.6) is 0 Å². The largest absolute Gasteiger partial charge is 0.467 e. The molecule has 0 aromatic carbocycles. The summed E-state index contributed by atoms with van der Waals surface area (Å²) in [5.41, 5.74) is 5.94. The highest BCUT2D eigenvalue weighted by Gasteiger charge is 2.43. The Bertz CT molecular complexity index is 582. The van der Waals surface area contributed by atoms with Gasteiger partial charge in [0.1, 0.15) is 12.1 Å². The summed E-state index contributed by atoms with van der Waals surface area (Å²) in [5.74, 6) is 0.795. The van der Waals surface area contributed by atoms with Crippen molar-refractivity contribution < 1.29 is 19.1 Å². The van der Waals surface area contributed by atoms with E-state index in [2.05, 4.69) is 23.3 Å². The van der Waals surface area contributed by atoms with E-state index in [1.165, 1.54) is 7.11 Å². The van der Waals surface area contributed by atoms with Crippen molar-refractivity contribution >= 4 is 53.9 Å². The standard InChI is InChI=1S/C19H36N4O4S3/c1-11(2)16(21-8-13(20)9-28)18(25)23-12(3)30-10-15(23)17(24)22-14(6-7-29-5)19(26)27-4/h11-16,21,28H,6-10,20H2,1-5H3,(H,22,24)/t12?,13-,14+,15+,16+/m1/s1. The molecule has 0 radical (unpaired) electrons. The van der Waals surface area contributed by atoms with Gasteiger partial charge in [-0.3, -0.25) is 9.59 Å². The zero-order valence-corrected chi connectivity index (χ0v) is 20.9. The summed E-state index contributed by atoms with van der Waals surface area (Å²) < 4.78 is 4.83. The van der Waals surface area contributed by atoms with Crippen LogP contribution in [0.2, 0.25) is 0 Å². The van der Waals surface area contributed by atoms with E-state index in [9.17, 15) is 14.4 Å². The van der Waals surface area contributed by atoms with Gasteiger partial charge in [-0.05, 0) is 31.3 Å². The van der Waals surface area contributed by atoms with Crippen LogP contribution in [0.15, 0.2) is 0 Å². The van der Waals surface area contributed by atoms with E-state index in [0.717, 1.165) is 0 Å². The second kappa shape index (κ2) is 13.7. The van der Waals surface area contributed by atoms with Crippen LogP contribution in [0.3, 0.4) is 0 Å². The third-order valence-electron chi connectivity index (χ3n) is 4.96. The van der Waals surface area contributed by atoms with E-state index in [0.29, 0.717) is 30.2 Å². The van der Waals surface area contributed by atoms with Crippen LogP contribution in [-0.2, 0) is 19.1 Å². The summed E-state index contributed by atoms with van der Waals surface area (Å²) in [5, 5.41) is 5.89. The Labute approximate surface area is 194 Å². The number of nitrogens with zero attached hydrogens (tertiary/aromatic N) is 1. The topological polar surface area (TPSA) is 114 Å². The van der Waals surface area contributed by atoms with Crippen LogP contribution in [0, 0.1) is 5.92 Å². The minimum absolute atomic E-state index is 0.0236. The monoisotopic (exact) mass is 480 g/mol. The summed E-state index contributed by atoms with van der Waals surface area (Å²) in [6.07, 6.45) is 2.41. The predicted molar refractivity (Wildman–Crippen MR) is 128 cm³/mol. The Hall–Kier alpha value is -0.620. The molecule has 1 aliphatic heterocycles. The molecular weight excluding hydrogens is 444 g/mol. The van der Waals surface area contributed by atoms with Crippen molar-refractivity contribution in [3.8, 4) is 0 Å². The quantitative estimate of drug-likeness (QED) is 0.237. The maximum atomic E-state index is 13.4. The van der Waals surface area contributed by atoms with Gasteiger partial charge in [-0.15, -0.1) is 11.8 Å². The number of nitrogens with two attached hydrogens (primary N) is 1. The average Bonchev–Trinajstić information content (AvgIpc) is 3.11. The van der Waals surface area contributed by atoms with Crippen LogP contribution in [0.25, 0.3) is 0 Å². The molecule has 1 unspecified atom stereocenters. The molecule has 1 aliphatic rings.